The number of aromatic amines is 1. The van der Waals surface area contributed by atoms with Crippen molar-refractivity contribution in [3.63, 3.8) is 0 Å². The van der Waals surface area contributed by atoms with E-state index in [-0.39, 0.29) is 6.04 Å². The molecular weight excluding hydrogens is 263 g/mol. The molecule has 0 spiro atoms. The van der Waals surface area contributed by atoms with Crippen LogP contribution in [-0.4, -0.2) is 4.98 Å². The first kappa shape index (κ1) is 10.0. The first-order valence-electron chi connectivity index (χ1n) is 4.31. The molecule has 1 atom stereocenters. The number of rotatable bonds is 1. The normalized spacial score (nSPS) is 13.4. The van der Waals surface area contributed by atoms with Gasteiger partial charge in [-0.15, -0.1) is 0 Å². The van der Waals surface area contributed by atoms with E-state index in [0.717, 1.165) is 20.9 Å². The molecule has 74 valence electrons. The van der Waals surface area contributed by atoms with Gasteiger partial charge in [0.2, 0.25) is 0 Å². The third-order valence-electron chi connectivity index (χ3n) is 2.23. The lowest BCUT2D eigenvalue weighted by molar-refractivity contribution is 0.826. The summed E-state index contributed by atoms with van der Waals surface area (Å²) in [5, 5.41) is 1.79. The highest BCUT2D eigenvalue weighted by Crippen LogP contribution is 2.31. The maximum atomic E-state index is 6.08. The second kappa shape index (κ2) is 3.57. The van der Waals surface area contributed by atoms with Crippen LogP contribution < -0.4 is 5.73 Å². The Kier molecular flexibility index (Phi) is 2.56. The number of halogens is 2. The molecule has 2 nitrogen and oxygen atoms in total. The average Bonchev–Trinajstić information content (AvgIpc) is 2.47. The predicted molar refractivity (Wildman–Crippen MR) is 63.6 cm³/mol. The SMILES string of the molecule is CC(N)c1c[nH]c2c(Cl)cc(Br)cc12. The Morgan fingerprint density at radius 2 is 2.21 bits per heavy atom. The van der Waals surface area contributed by atoms with Crippen LogP contribution in [-0.2, 0) is 0 Å². The quantitative estimate of drug-likeness (QED) is 0.819. The van der Waals surface area contributed by atoms with Gasteiger partial charge in [0.15, 0.2) is 0 Å². The van der Waals surface area contributed by atoms with Gasteiger partial charge in [-0.05, 0) is 24.6 Å². The van der Waals surface area contributed by atoms with E-state index in [2.05, 4.69) is 20.9 Å². The summed E-state index contributed by atoms with van der Waals surface area (Å²) in [6.45, 7) is 1.96. The van der Waals surface area contributed by atoms with Gasteiger partial charge in [-0.1, -0.05) is 27.5 Å². The number of H-pyrrole nitrogens is 1. The molecule has 0 saturated heterocycles. The molecule has 0 radical (unpaired) electrons. The molecule has 0 aliphatic carbocycles. The maximum absolute atomic E-state index is 6.08. The summed E-state index contributed by atoms with van der Waals surface area (Å²) in [5.41, 5.74) is 7.88. The fourth-order valence-corrected chi connectivity index (χ4v) is 2.42. The van der Waals surface area contributed by atoms with Crippen LogP contribution in [0.15, 0.2) is 22.8 Å². The molecule has 0 amide bonds. The largest absolute Gasteiger partial charge is 0.360 e. The standard InChI is InChI=1S/C10H10BrClN2/c1-5(13)8-4-14-10-7(8)2-6(11)3-9(10)12/h2-5,14H,13H2,1H3. The van der Waals surface area contributed by atoms with Crippen molar-refractivity contribution in [1.29, 1.82) is 0 Å². The minimum absolute atomic E-state index is 0.00844. The molecule has 2 rings (SSSR count). The topological polar surface area (TPSA) is 41.8 Å². The Labute approximate surface area is 95.6 Å². The van der Waals surface area contributed by atoms with Crippen molar-refractivity contribution in [3.8, 4) is 0 Å². The van der Waals surface area contributed by atoms with Crippen molar-refractivity contribution in [2.24, 2.45) is 5.73 Å². The van der Waals surface area contributed by atoms with Gasteiger partial charge in [-0.2, -0.15) is 0 Å². The third kappa shape index (κ3) is 1.56. The monoisotopic (exact) mass is 272 g/mol. The molecule has 1 aromatic heterocycles. The summed E-state index contributed by atoms with van der Waals surface area (Å²) in [7, 11) is 0. The lowest BCUT2D eigenvalue weighted by Gasteiger charge is -2.03. The van der Waals surface area contributed by atoms with Crippen LogP contribution in [0.5, 0.6) is 0 Å². The average molecular weight is 274 g/mol. The molecular formula is C10H10BrClN2. The van der Waals surface area contributed by atoms with Crippen molar-refractivity contribution >= 4 is 38.4 Å². The second-order valence-corrected chi connectivity index (χ2v) is 4.67. The number of fused-ring (bicyclic) bond motifs is 1. The van der Waals surface area contributed by atoms with Gasteiger partial charge in [0.05, 0.1) is 10.5 Å². The maximum Gasteiger partial charge on any atom is 0.0658 e. The molecule has 3 N–H and O–H groups in total. The van der Waals surface area contributed by atoms with Gasteiger partial charge in [0.25, 0.3) is 0 Å². The number of hydrogen-bond acceptors (Lipinski definition) is 1. The fraction of sp³-hybridized carbons (Fsp3) is 0.200. The summed E-state index contributed by atoms with van der Waals surface area (Å²) >= 11 is 9.49. The fourth-order valence-electron chi connectivity index (χ4n) is 1.55. The van der Waals surface area contributed by atoms with Crippen molar-refractivity contribution in [3.05, 3.63) is 33.4 Å². The summed E-state index contributed by atoms with van der Waals surface area (Å²) in [6, 6.07) is 3.90. The lowest BCUT2D eigenvalue weighted by Crippen LogP contribution is -2.03. The highest BCUT2D eigenvalue weighted by molar-refractivity contribution is 9.10. The van der Waals surface area contributed by atoms with Gasteiger partial charge in [-0.25, -0.2) is 0 Å². The zero-order valence-electron chi connectivity index (χ0n) is 7.64. The van der Waals surface area contributed by atoms with Gasteiger partial charge < -0.3 is 10.7 Å². The van der Waals surface area contributed by atoms with Gasteiger partial charge in [0, 0.05) is 22.1 Å². The highest BCUT2D eigenvalue weighted by Gasteiger charge is 2.10. The Hall–Kier alpha value is -0.510. The van der Waals surface area contributed by atoms with E-state index in [1.54, 1.807) is 0 Å². The molecule has 2 aromatic rings. The lowest BCUT2D eigenvalue weighted by atomic mass is 10.1. The van der Waals surface area contributed by atoms with E-state index in [9.17, 15) is 0 Å². The molecule has 0 fully saturated rings. The molecule has 0 aliphatic rings. The van der Waals surface area contributed by atoms with Crippen LogP contribution >= 0.6 is 27.5 Å². The molecule has 0 aliphatic heterocycles. The smallest absolute Gasteiger partial charge is 0.0658 e. The number of nitrogens with two attached hydrogens (primary N) is 1. The zero-order chi connectivity index (χ0) is 10.3. The minimum atomic E-state index is 0.00844. The van der Waals surface area contributed by atoms with Crippen molar-refractivity contribution in [2.75, 3.05) is 0 Å². The Morgan fingerprint density at radius 3 is 2.86 bits per heavy atom. The first-order valence-corrected chi connectivity index (χ1v) is 5.48. The molecule has 1 heterocycles. The van der Waals surface area contributed by atoms with Crippen LogP contribution in [0, 0.1) is 0 Å². The van der Waals surface area contributed by atoms with E-state index in [1.165, 1.54) is 0 Å². The van der Waals surface area contributed by atoms with Crippen molar-refractivity contribution in [2.45, 2.75) is 13.0 Å². The molecule has 1 unspecified atom stereocenters. The van der Waals surface area contributed by atoms with Gasteiger partial charge in [-0.3, -0.25) is 0 Å². The molecule has 0 saturated carbocycles. The van der Waals surface area contributed by atoms with E-state index < -0.39 is 0 Å². The Bertz CT molecular complexity index is 476. The van der Waals surface area contributed by atoms with Crippen LogP contribution in [0.25, 0.3) is 10.9 Å². The zero-order valence-corrected chi connectivity index (χ0v) is 9.98. The third-order valence-corrected chi connectivity index (χ3v) is 2.98. The van der Waals surface area contributed by atoms with Crippen LogP contribution in [0.2, 0.25) is 5.02 Å². The van der Waals surface area contributed by atoms with E-state index in [4.69, 9.17) is 17.3 Å². The Balaban J connectivity index is 2.78. The number of hydrogen-bond donors (Lipinski definition) is 2. The molecule has 0 bridgehead atoms. The second-order valence-electron chi connectivity index (χ2n) is 3.34. The molecule has 14 heavy (non-hydrogen) atoms. The molecule has 1 aromatic carbocycles. The van der Waals surface area contributed by atoms with Crippen molar-refractivity contribution in [1.82, 2.24) is 4.98 Å². The summed E-state index contributed by atoms with van der Waals surface area (Å²) in [4.78, 5) is 3.13. The van der Waals surface area contributed by atoms with Crippen LogP contribution in [0.3, 0.4) is 0 Å². The predicted octanol–water partition coefficient (Wildman–Crippen LogP) is 3.60. The van der Waals surface area contributed by atoms with Gasteiger partial charge in [0.1, 0.15) is 0 Å². The van der Waals surface area contributed by atoms with E-state index in [1.807, 2.05) is 25.3 Å². The number of nitrogens with one attached hydrogen (secondary N) is 1. The summed E-state index contributed by atoms with van der Waals surface area (Å²) in [5.74, 6) is 0. The van der Waals surface area contributed by atoms with Gasteiger partial charge >= 0.3 is 0 Å². The van der Waals surface area contributed by atoms with Crippen LogP contribution in [0.1, 0.15) is 18.5 Å². The minimum Gasteiger partial charge on any atom is -0.360 e. The highest BCUT2D eigenvalue weighted by atomic mass is 79.9. The molecule has 4 heteroatoms. The summed E-state index contributed by atoms with van der Waals surface area (Å²) in [6.07, 6.45) is 1.91. The van der Waals surface area contributed by atoms with E-state index in [0.29, 0.717) is 5.02 Å². The number of aromatic nitrogens is 1. The Morgan fingerprint density at radius 1 is 1.50 bits per heavy atom. The number of benzene rings is 1. The van der Waals surface area contributed by atoms with E-state index >= 15 is 0 Å². The summed E-state index contributed by atoms with van der Waals surface area (Å²) < 4.78 is 0.969. The van der Waals surface area contributed by atoms with Crippen molar-refractivity contribution < 1.29 is 0 Å². The van der Waals surface area contributed by atoms with Crippen LogP contribution in [0.4, 0.5) is 0 Å². The first-order chi connectivity index (χ1) is 6.59.